The molecule has 2 aromatic heterocycles. The smallest absolute Gasteiger partial charge is 0.227 e. The first-order valence-corrected chi connectivity index (χ1v) is 10.8. The summed E-state index contributed by atoms with van der Waals surface area (Å²) < 4.78 is 10.7. The third-order valence-corrected chi connectivity index (χ3v) is 5.53. The van der Waals surface area contributed by atoms with Gasteiger partial charge < -0.3 is 14.6 Å². The Hall–Kier alpha value is -3.23. The maximum absolute atomic E-state index is 12.3. The highest BCUT2D eigenvalue weighted by molar-refractivity contribution is 7.14. The van der Waals surface area contributed by atoms with E-state index in [2.05, 4.69) is 20.4 Å². The van der Waals surface area contributed by atoms with E-state index >= 15 is 0 Å². The number of halogens is 1. The molecule has 0 unspecified atom stereocenters. The first-order chi connectivity index (χ1) is 15.0. The molecule has 1 N–H and O–H groups in total. The highest BCUT2D eigenvalue weighted by Gasteiger charge is 2.14. The van der Waals surface area contributed by atoms with Gasteiger partial charge in [-0.15, -0.1) is 11.3 Å². The Balaban J connectivity index is 1.36. The summed E-state index contributed by atoms with van der Waals surface area (Å²) in [5.41, 5.74) is 3.54. The van der Waals surface area contributed by atoms with Gasteiger partial charge in [-0.1, -0.05) is 28.4 Å². The molecule has 0 spiro atoms. The van der Waals surface area contributed by atoms with Crippen LogP contribution in [0.1, 0.15) is 17.9 Å². The number of nitrogens with zero attached hydrogens (tertiary/aromatic N) is 3. The van der Waals surface area contributed by atoms with Crippen molar-refractivity contribution < 1.29 is 14.1 Å². The van der Waals surface area contributed by atoms with Crippen LogP contribution in [0, 0.1) is 6.92 Å². The predicted molar refractivity (Wildman–Crippen MR) is 121 cm³/mol. The minimum Gasteiger partial charge on any atom is -0.496 e. The molecule has 2 heterocycles. The lowest BCUT2D eigenvalue weighted by Gasteiger charge is -2.07. The monoisotopic (exact) mass is 454 g/mol. The molecule has 0 saturated carbocycles. The Morgan fingerprint density at radius 1 is 1.19 bits per heavy atom. The second-order valence-corrected chi connectivity index (χ2v) is 8.10. The van der Waals surface area contributed by atoms with Crippen LogP contribution >= 0.6 is 22.9 Å². The van der Waals surface area contributed by atoms with E-state index in [1.807, 2.05) is 42.6 Å². The minimum atomic E-state index is -0.177. The molecular formula is C22H19ClN4O3S. The lowest BCUT2D eigenvalue weighted by atomic mass is 10.1. The molecule has 0 radical (unpaired) electrons. The van der Waals surface area contributed by atoms with Gasteiger partial charge in [0.15, 0.2) is 5.13 Å². The number of amides is 1. The van der Waals surface area contributed by atoms with E-state index in [1.54, 1.807) is 19.2 Å². The summed E-state index contributed by atoms with van der Waals surface area (Å²) in [6, 6.07) is 13.0. The molecule has 7 nitrogen and oxygen atoms in total. The van der Waals surface area contributed by atoms with Crippen molar-refractivity contribution in [2.45, 2.75) is 19.8 Å². The predicted octanol–water partition coefficient (Wildman–Crippen LogP) is 5.40. The van der Waals surface area contributed by atoms with Gasteiger partial charge in [-0.05, 0) is 43.3 Å². The number of anilines is 1. The van der Waals surface area contributed by atoms with Gasteiger partial charge in [0.05, 0.1) is 12.8 Å². The maximum atomic E-state index is 12.3. The molecule has 2 aromatic carbocycles. The fourth-order valence-electron chi connectivity index (χ4n) is 2.95. The number of rotatable bonds is 7. The highest BCUT2D eigenvalue weighted by atomic mass is 35.5. The van der Waals surface area contributed by atoms with Gasteiger partial charge in [-0.3, -0.25) is 4.79 Å². The first kappa shape index (κ1) is 21.0. The van der Waals surface area contributed by atoms with Crippen molar-refractivity contribution in [3.05, 3.63) is 64.3 Å². The summed E-state index contributed by atoms with van der Waals surface area (Å²) in [7, 11) is 1.62. The van der Waals surface area contributed by atoms with E-state index in [9.17, 15) is 4.79 Å². The van der Waals surface area contributed by atoms with E-state index in [-0.39, 0.29) is 12.3 Å². The van der Waals surface area contributed by atoms with E-state index in [0.29, 0.717) is 28.3 Å². The van der Waals surface area contributed by atoms with Gasteiger partial charge in [-0.2, -0.15) is 4.98 Å². The zero-order valence-electron chi connectivity index (χ0n) is 16.9. The Kier molecular flexibility index (Phi) is 6.29. The van der Waals surface area contributed by atoms with Crippen molar-refractivity contribution in [2.24, 2.45) is 0 Å². The first-order valence-electron chi connectivity index (χ1n) is 9.51. The third-order valence-electron chi connectivity index (χ3n) is 4.52. The zero-order chi connectivity index (χ0) is 21.8. The van der Waals surface area contributed by atoms with Gasteiger partial charge in [0.1, 0.15) is 5.75 Å². The SMILES string of the molecule is COc1ccc(C)cc1-c1csc(NC(=O)CCc2nc(-c3ccc(Cl)cc3)no2)n1. The summed E-state index contributed by atoms with van der Waals surface area (Å²) in [5, 5.41) is 9.83. The number of methoxy groups -OCH3 is 1. The minimum absolute atomic E-state index is 0.177. The third kappa shape index (κ3) is 5.10. The molecule has 0 aliphatic rings. The summed E-state index contributed by atoms with van der Waals surface area (Å²) in [6.45, 7) is 2.01. The van der Waals surface area contributed by atoms with Crippen LogP contribution < -0.4 is 10.1 Å². The second kappa shape index (κ2) is 9.28. The van der Waals surface area contributed by atoms with Crippen molar-refractivity contribution >= 4 is 34.0 Å². The van der Waals surface area contributed by atoms with Crippen LogP contribution in [0.5, 0.6) is 5.75 Å². The molecule has 4 aromatic rings. The standard InChI is InChI=1S/C22H19ClN4O3S/c1-13-3-8-18(29-2)16(11-13)17-12-31-22(24-17)25-19(28)9-10-20-26-21(27-30-20)14-4-6-15(23)7-5-14/h3-8,11-12H,9-10H2,1-2H3,(H,24,25,28). The number of carbonyl (C=O) groups is 1. The quantitative estimate of drug-likeness (QED) is 0.402. The molecule has 158 valence electrons. The highest BCUT2D eigenvalue weighted by Crippen LogP contribution is 2.33. The lowest BCUT2D eigenvalue weighted by molar-refractivity contribution is -0.116. The molecule has 1 amide bonds. The number of aromatic nitrogens is 3. The van der Waals surface area contributed by atoms with Gasteiger partial charge in [0, 0.05) is 34.4 Å². The number of hydrogen-bond donors (Lipinski definition) is 1. The fourth-order valence-corrected chi connectivity index (χ4v) is 3.80. The number of ether oxygens (including phenoxy) is 1. The van der Waals surface area contributed by atoms with E-state index < -0.39 is 0 Å². The van der Waals surface area contributed by atoms with Crippen LogP contribution in [0.2, 0.25) is 5.02 Å². The summed E-state index contributed by atoms with van der Waals surface area (Å²) in [4.78, 5) is 21.2. The zero-order valence-corrected chi connectivity index (χ0v) is 18.5. The van der Waals surface area contributed by atoms with E-state index in [1.165, 1.54) is 11.3 Å². The molecule has 0 aliphatic heterocycles. The normalized spacial score (nSPS) is 10.8. The Bertz CT molecular complexity index is 1200. The average molecular weight is 455 g/mol. The van der Waals surface area contributed by atoms with Crippen molar-refractivity contribution in [3.63, 3.8) is 0 Å². The number of carbonyl (C=O) groups excluding carboxylic acids is 1. The Morgan fingerprint density at radius 3 is 2.77 bits per heavy atom. The van der Waals surface area contributed by atoms with Crippen LogP contribution in [0.3, 0.4) is 0 Å². The Morgan fingerprint density at radius 2 is 2.00 bits per heavy atom. The number of hydrogen-bond acceptors (Lipinski definition) is 7. The molecule has 0 fully saturated rings. The largest absolute Gasteiger partial charge is 0.496 e. The van der Waals surface area contributed by atoms with Crippen LogP contribution in [0.15, 0.2) is 52.4 Å². The molecule has 4 rings (SSSR count). The molecule has 0 aliphatic carbocycles. The van der Waals surface area contributed by atoms with Crippen LogP contribution in [0.25, 0.3) is 22.6 Å². The molecule has 0 atom stereocenters. The molecule has 31 heavy (non-hydrogen) atoms. The second-order valence-electron chi connectivity index (χ2n) is 6.81. The van der Waals surface area contributed by atoms with Gasteiger partial charge in [0.2, 0.25) is 17.6 Å². The summed E-state index contributed by atoms with van der Waals surface area (Å²) in [6.07, 6.45) is 0.529. The van der Waals surface area contributed by atoms with Crippen molar-refractivity contribution in [1.29, 1.82) is 0 Å². The van der Waals surface area contributed by atoms with Crippen molar-refractivity contribution in [3.8, 4) is 28.4 Å². The van der Waals surface area contributed by atoms with Crippen molar-refractivity contribution in [1.82, 2.24) is 15.1 Å². The number of benzene rings is 2. The van der Waals surface area contributed by atoms with Crippen LogP contribution in [-0.4, -0.2) is 28.1 Å². The average Bonchev–Trinajstić information content (AvgIpc) is 3.42. The summed E-state index contributed by atoms with van der Waals surface area (Å²) >= 11 is 7.26. The molecule has 0 bridgehead atoms. The van der Waals surface area contributed by atoms with Crippen LogP contribution in [-0.2, 0) is 11.2 Å². The van der Waals surface area contributed by atoms with E-state index in [0.717, 1.165) is 28.1 Å². The molecule has 9 heteroatoms. The topological polar surface area (TPSA) is 90.1 Å². The molecular weight excluding hydrogens is 436 g/mol. The lowest BCUT2D eigenvalue weighted by Crippen LogP contribution is -2.12. The maximum Gasteiger partial charge on any atom is 0.227 e. The van der Waals surface area contributed by atoms with Gasteiger partial charge in [0.25, 0.3) is 0 Å². The number of aryl methyl sites for hydroxylation is 2. The number of nitrogens with one attached hydrogen (secondary N) is 1. The molecule has 0 saturated heterocycles. The van der Waals surface area contributed by atoms with Crippen LogP contribution in [0.4, 0.5) is 5.13 Å². The Labute approximate surface area is 188 Å². The fraction of sp³-hybridized carbons (Fsp3) is 0.182. The van der Waals surface area contributed by atoms with Crippen molar-refractivity contribution in [2.75, 3.05) is 12.4 Å². The van der Waals surface area contributed by atoms with Gasteiger partial charge in [-0.25, -0.2) is 4.98 Å². The van der Waals surface area contributed by atoms with E-state index in [4.69, 9.17) is 20.9 Å². The number of thiazole rings is 1. The summed E-state index contributed by atoms with van der Waals surface area (Å²) in [5.74, 6) is 1.41. The van der Waals surface area contributed by atoms with Gasteiger partial charge >= 0.3 is 0 Å².